The van der Waals surface area contributed by atoms with Gasteiger partial charge in [0.05, 0.1) is 5.56 Å². The largest absolute Gasteiger partial charge is 0.416 e. The number of hydrogen-bond donors (Lipinski definition) is 0. The van der Waals surface area contributed by atoms with E-state index in [1.807, 2.05) is 44.2 Å². The summed E-state index contributed by atoms with van der Waals surface area (Å²) in [6.45, 7) is 3.73. The highest BCUT2D eigenvalue weighted by Crippen LogP contribution is 2.33. The Morgan fingerprint density at radius 3 is 2.38 bits per heavy atom. The van der Waals surface area contributed by atoms with Gasteiger partial charge in [-0.2, -0.15) is 13.2 Å². The zero-order chi connectivity index (χ0) is 21.4. The highest BCUT2D eigenvalue weighted by atomic mass is 35.5. The lowest BCUT2D eigenvalue weighted by Gasteiger charge is -2.20. The summed E-state index contributed by atoms with van der Waals surface area (Å²) in [5.41, 5.74) is 1.53. The summed E-state index contributed by atoms with van der Waals surface area (Å²) >= 11 is 5.76. The van der Waals surface area contributed by atoms with E-state index in [9.17, 15) is 17.6 Å². The third-order valence-corrected chi connectivity index (χ3v) is 4.32. The van der Waals surface area contributed by atoms with E-state index in [-0.39, 0.29) is 11.4 Å². The number of hydrogen-bond acceptors (Lipinski definition) is 1. The first-order valence-corrected chi connectivity index (χ1v) is 9.59. The van der Waals surface area contributed by atoms with Crippen LogP contribution in [0.2, 0.25) is 0 Å². The fraction of sp³-hybridized carbons (Fsp3) is 0.261. The number of allylic oxidation sites excluding steroid dienone is 3. The predicted molar refractivity (Wildman–Crippen MR) is 111 cm³/mol. The van der Waals surface area contributed by atoms with E-state index in [4.69, 9.17) is 11.6 Å². The Kier molecular flexibility index (Phi) is 8.21. The van der Waals surface area contributed by atoms with Crippen LogP contribution in [0.3, 0.4) is 0 Å². The summed E-state index contributed by atoms with van der Waals surface area (Å²) in [6.07, 6.45) is 0.705. The van der Waals surface area contributed by atoms with Gasteiger partial charge >= 0.3 is 6.18 Å². The fourth-order valence-corrected chi connectivity index (χ4v) is 2.93. The molecule has 0 saturated carbocycles. The predicted octanol–water partition coefficient (Wildman–Crippen LogP) is 7.33. The second-order valence-corrected chi connectivity index (χ2v) is 7.14. The molecule has 2 aromatic carbocycles. The smallest absolute Gasteiger partial charge is 0.261 e. The number of benzene rings is 2. The second-order valence-electron chi connectivity index (χ2n) is 6.83. The number of rotatable bonds is 7. The van der Waals surface area contributed by atoms with Gasteiger partial charge in [0.25, 0.3) is 0 Å². The summed E-state index contributed by atoms with van der Waals surface area (Å²) in [4.78, 5) is 4.46. The average Bonchev–Trinajstić information content (AvgIpc) is 2.66. The zero-order valence-electron chi connectivity index (χ0n) is 16.2. The molecule has 0 radical (unpaired) electrons. The highest BCUT2D eigenvalue weighted by Gasteiger charge is 2.32. The Labute approximate surface area is 173 Å². The fourth-order valence-electron chi connectivity index (χ4n) is 2.84. The maximum atomic E-state index is 14.1. The van der Waals surface area contributed by atoms with Gasteiger partial charge in [0, 0.05) is 23.7 Å². The number of nitrogens with zero attached hydrogens (tertiary/aromatic N) is 1. The first kappa shape index (κ1) is 22.9. The number of alkyl halides is 4. The molecule has 0 saturated heterocycles. The van der Waals surface area contributed by atoms with Crippen molar-refractivity contribution in [2.45, 2.75) is 32.4 Å². The van der Waals surface area contributed by atoms with Crippen LogP contribution in [0.4, 0.5) is 17.6 Å². The lowest BCUT2D eigenvalue weighted by atomic mass is 9.86. The van der Waals surface area contributed by atoms with Crippen LogP contribution in [-0.2, 0) is 12.6 Å². The Morgan fingerprint density at radius 2 is 1.79 bits per heavy atom. The van der Waals surface area contributed by atoms with E-state index in [0.29, 0.717) is 18.2 Å². The molecule has 0 aromatic heterocycles. The summed E-state index contributed by atoms with van der Waals surface area (Å²) in [5, 5.41) is 0. The van der Waals surface area contributed by atoms with Crippen molar-refractivity contribution >= 4 is 17.3 Å². The van der Waals surface area contributed by atoms with E-state index in [1.165, 1.54) is 0 Å². The van der Waals surface area contributed by atoms with Gasteiger partial charge in [-0.1, -0.05) is 42.0 Å². The van der Waals surface area contributed by atoms with E-state index < -0.39 is 23.5 Å². The molecule has 2 aromatic rings. The molecule has 29 heavy (non-hydrogen) atoms. The molecular weight excluding hydrogens is 402 g/mol. The van der Waals surface area contributed by atoms with E-state index in [2.05, 4.69) is 4.99 Å². The Bertz CT molecular complexity index is 895. The lowest BCUT2D eigenvalue weighted by Crippen LogP contribution is -2.16. The third-order valence-electron chi connectivity index (χ3n) is 4.14. The van der Waals surface area contributed by atoms with Crippen LogP contribution in [-0.4, -0.2) is 11.6 Å². The van der Waals surface area contributed by atoms with Gasteiger partial charge in [0.2, 0.25) is 0 Å². The van der Waals surface area contributed by atoms with Crippen molar-refractivity contribution in [3.63, 3.8) is 0 Å². The van der Waals surface area contributed by atoms with Crippen LogP contribution in [0.1, 0.15) is 36.5 Å². The first-order valence-electron chi connectivity index (χ1n) is 9.06. The Hall–Kier alpha value is -2.40. The average molecular weight is 424 g/mol. The van der Waals surface area contributed by atoms with Crippen molar-refractivity contribution in [1.82, 2.24) is 0 Å². The van der Waals surface area contributed by atoms with Crippen LogP contribution >= 0.6 is 11.6 Å². The topological polar surface area (TPSA) is 12.4 Å². The minimum atomic E-state index is -4.64. The number of halogens is 5. The van der Waals surface area contributed by atoms with Crippen molar-refractivity contribution in [1.29, 1.82) is 0 Å². The maximum Gasteiger partial charge on any atom is 0.416 e. The first-order chi connectivity index (χ1) is 13.7. The standard InChI is InChI=1S/C23H22ClF4N/c1-16(2)15-29-22(9-6-10-24)21(11-17-7-4-3-5-8-17)18-12-19(23(26,27)28)14-20(25)13-18/h3-9,12-15,21H,10-11H2,1-2H3/b9-6-,29-22?. The van der Waals surface area contributed by atoms with Crippen molar-refractivity contribution in [2.24, 2.45) is 4.99 Å². The molecule has 0 spiro atoms. The van der Waals surface area contributed by atoms with Gasteiger partial charge in [-0.3, -0.25) is 4.99 Å². The second kappa shape index (κ2) is 10.4. The molecule has 0 aliphatic heterocycles. The van der Waals surface area contributed by atoms with Gasteiger partial charge in [0.1, 0.15) is 5.82 Å². The summed E-state index contributed by atoms with van der Waals surface area (Å²) in [6, 6.07) is 11.9. The summed E-state index contributed by atoms with van der Waals surface area (Å²) in [5.74, 6) is -1.29. The summed E-state index contributed by atoms with van der Waals surface area (Å²) in [7, 11) is 0. The molecule has 0 aliphatic rings. The lowest BCUT2D eigenvalue weighted by molar-refractivity contribution is -0.137. The normalized spacial score (nSPS) is 13.6. The SMILES string of the molecule is CC(C)=CN=C(/C=C\CCl)C(Cc1ccccc1)c1cc(F)cc(C(F)(F)F)c1. The molecule has 0 N–H and O–H groups in total. The molecule has 0 bridgehead atoms. The van der Waals surface area contributed by atoms with Crippen molar-refractivity contribution < 1.29 is 17.6 Å². The quantitative estimate of drug-likeness (QED) is 0.251. The zero-order valence-corrected chi connectivity index (χ0v) is 16.9. The third kappa shape index (κ3) is 7.17. The minimum Gasteiger partial charge on any atom is -0.261 e. The molecule has 6 heteroatoms. The molecule has 0 heterocycles. The van der Waals surface area contributed by atoms with Gasteiger partial charge in [0.15, 0.2) is 0 Å². The van der Waals surface area contributed by atoms with Crippen LogP contribution in [0.5, 0.6) is 0 Å². The molecule has 2 rings (SSSR count). The minimum absolute atomic E-state index is 0.210. The van der Waals surface area contributed by atoms with Gasteiger partial charge < -0.3 is 0 Å². The van der Waals surface area contributed by atoms with Gasteiger partial charge in [-0.15, -0.1) is 11.6 Å². The Morgan fingerprint density at radius 1 is 1.10 bits per heavy atom. The van der Waals surface area contributed by atoms with Gasteiger partial charge in [-0.25, -0.2) is 4.39 Å². The van der Waals surface area contributed by atoms with Crippen molar-refractivity contribution in [3.05, 3.63) is 95.0 Å². The molecule has 154 valence electrons. The van der Waals surface area contributed by atoms with Crippen molar-refractivity contribution in [2.75, 3.05) is 5.88 Å². The van der Waals surface area contributed by atoms with Crippen molar-refractivity contribution in [3.8, 4) is 0 Å². The molecule has 0 aliphatic carbocycles. The number of aliphatic imine (C=N–C) groups is 1. The van der Waals surface area contributed by atoms with Crippen LogP contribution in [0.15, 0.2) is 77.4 Å². The molecule has 1 atom stereocenters. The molecule has 0 fully saturated rings. The van der Waals surface area contributed by atoms with Gasteiger partial charge in [-0.05, 0) is 55.7 Å². The van der Waals surface area contributed by atoms with E-state index in [0.717, 1.165) is 23.3 Å². The maximum absolute atomic E-state index is 14.1. The van der Waals surface area contributed by atoms with Crippen LogP contribution in [0.25, 0.3) is 0 Å². The summed E-state index contributed by atoms with van der Waals surface area (Å²) < 4.78 is 53.9. The molecule has 0 amide bonds. The van der Waals surface area contributed by atoms with E-state index in [1.54, 1.807) is 18.4 Å². The van der Waals surface area contributed by atoms with Crippen LogP contribution in [0, 0.1) is 5.82 Å². The Balaban J connectivity index is 2.63. The molecule has 1 unspecified atom stereocenters. The highest BCUT2D eigenvalue weighted by molar-refractivity contribution is 6.19. The van der Waals surface area contributed by atoms with E-state index >= 15 is 0 Å². The monoisotopic (exact) mass is 423 g/mol. The molecular formula is C23H22ClF4N. The molecule has 1 nitrogen and oxygen atoms in total. The van der Waals surface area contributed by atoms with Crippen LogP contribution < -0.4 is 0 Å².